The highest BCUT2D eigenvalue weighted by Crippen LogP contribution is 2.26. The third kappa shape index (κ3) is 6.22. The normalized spacial score (nSPS) is 12.7. The Morgan fingerprint density at radius 3 is 2.85 bits per heavy atom. The van der Waals surface area contributed by atoms with E-state index in [0.29, 0.717) is 32.4 Å². The number of nitrogens with zero attached hydrogens (tertiary/aromatic N) is 2. The Labute approximate surface area is 194 Å². The van der Waals surface area contributed by atoms with Crippen molar-refractivity contribution in [1.82, 2.24) is 15.1 Å². The Morgan fingerprint density at radius 2 is 2.00 bits per heavy atom. The van der Waals surface area contributed by atoms with E-state index in [4.69, 9.17) is 4.74 Å². The molecular formula is C26H30N4O3. The molecule has 172 valence electrons. The van der Waals surface area contributed by atoms with E-state index >= 15 is 0 Å². The van der Waals surface area contributed by atoms with Crippen molar-refractivity contribution >= 4 is 17.5 Å². The molecule has 0 saturated carbocycles. The van der Waals surface area contributed by atoms with Crippen molar-refractivity contribution in [2.75, 3.05) is 18.5 Å². The molecule has 0 bridgehead atoms. The third-order valence-electron chi connectivity index (χ3n) is 5.76. The molecule has 7 nitrogen and oxygen atoms in total. The van der Waals surface area contributed by atoms with Crippen molar-refractivity contribution < 1.29 is 14.3 Å². The Morgan fingerprint density at radius 1 is 1.15 bits per heavy atom. The summed E-state index contributed by atoms with van der Waals surface area (Å²) in [6.07, 6.45) is 6.14. The van der Waals surface area contributed by atoms with Gasteiger partial charge in [0.1, 0.15) is 5.75 Å². The SMILES string of the molecule is Cc1nn(-c2ccccc2)cc1CCCNC(=O)CCCOc1ccc2c(c1)CCC(=O)N2. The molecule has 0 aliphatic carbocycles. The van der Waals surface area contributed by atoms with Crippen molar-refractivity contribution in [2.24, 2.45) is 0 Å². The fourth-order valence-electron chi connectivity index (χ4n) is 3.92. The van der Waals surface area contributed by atoms with Gasteiger partial charge in [-0.3, -0.25) is 9.59 Å². The zero-order valence-electron chi connectivity index (χ0n) is 19.0. The molecule has 0 atom stereocenters. The van der Waals surface area contributed by atoms with Crippen LogP contribution in [0.5, 0.6) is 5.75 Å². The molecule has 1 aromatic heterocycles. The first-order valence-corrected chi connectivity index (χ1v) is 11.5. The Hall–Kier alpha value is -3.61. The second-order valence-electron chi connectivity index (χ2n) is 8.29. The molecule has 2 aromatic carbocycles. The molecule has 33 heavy (non-hydrogen) atoms. The van der Waals surface area contributed by atoms with E-state index in [1.165, 1.54) is 5.56 Å². The van der Waals surface area contributed by atoms with Gasteiger partial charge in [0.25, 0.3) is 0 Å². The summed E-state index contributed by atoms with van der Waals surface area (Å²) in [7, 11) is 0. The number of rotatable bonds is 10. The Bertz CT molecular complexity index is 1110. The van der Waals surface area contributed by atoms with Crippen LogP contribution in [0.4, 0.5) is 5.69 Å². The lowest BCUT2D eigenvalue weighted by Crippen LogP contribution is -2.25. The quantitative estimate of drug-likeness (QED) is 0.462. The van der Waals surface area contributed by atoms with Gasteiger partial charge in [-0.15, -0.1) is 0 Å². The van der Waals surface area contributed by atoms with Crippen molar-refractivity contribution in [3.05, 3.63) is 71.5 Å². The molecule has 2 amide bonds. The highest BCUT2D eigenvalue weighted by Gasteiger charge is 2.15. The standard InChI is InChI=1S/C26H30N4O3/c1-19-21(18-30(29-19)22-8-3-2-4-9-22)7-5-15-27-25(31)10-6-16-33-23-12-13-24-20(17-23)11-14-26(32)28-24/h2-4,8-9,12-13,17-18H,5-7,10-11,14-16H2,1H3,(H,27,31)(H,28,32). The molecule has 2 N–H and O–H groups in total. The van der Waals surface area contributed by atoms with E-state index in [0.717, 1.165) is 47.6 Å². The van der Waals surface area contributed by atoms with Crippen molar-refractivity contribution in [2.45, 2.75) is 45.4 Å². The zero-order chi connectivity index (χ0) is 23.0. The van der Waals surface area contributed by atoms with Gasteiger partial charge in [-0.2, -0.15) is 5.10 Å². The van der Waals surface area contributed by atoms with Crippen LogP contribution in [0.1, 0.15) is 42.5 Å². The molecule has 0 radical (unpaired) electrons. The van der Waals surface area contributed by atoms with Gasteiger partial charge in [-0.05, 0) is 74.1 Å². The molecule has 0 saturated heterocycles. The van der Waals surface area contributed by atoms with Crippen LogP contribution in [0, 0.1) is 6.92 Å². The number of carbonyl (C=O) groups is 2. The summed E-state index contributed by atoms with van der Waals surface area (Å²) in [5, 5.41) is 10.4. The lowest BCUT2D eigenvalue weighted by Gasteiger charge is -2.17. The number of anilines is 1. The van der Waals surface area contributed by atoms with E-state index in [1.807, 2.05) is 60.1 Å². The first-order chi connectivity index (χ1) is 16.1. The average molecular weight is 447 g/mol. The van der Waals surface area contributed by atoms with Crippen LogP contribution >= 0.6 is 0 Å². The number of carbonyl (C=O) groups excluding carboxylic acids is 2. The molecule has 1 aliphatic heterocycles. The smallest absolute Gasteiger partial charge is 0.224 e. The van der Waals surface area contributed by atoms with E-state index in [2.05, 4.69) is 21.9 Å². The summed E-state index contributed by atoms with van der Waals surface area (Å²) in [5.74, 6) is 0.875. The summed E-state index contributed by atoms with van der Waals surface area (Å²) in [6.45, 7) is 3.15. The highest BCUT2D eigenvalue weighted by atomic mass is 16.5. The first kappa shape index (κ1) is 22.6. The lowest BCUT2D eigenvalue weighted by atomic mass is 10.0. The third-order valence-corrected chi connectivity index (χ3v) is 5.76. The fourth-order valence-corrected chi connectivity index (χ4v) is 3.92. The molecular weight excluding hydrogens is 416 g/mol. The van der Waals surface area contributed by atoms with Gasteiger partial charge in [0, 0.05) is 31.3 Å². The maximum atomic E-state index is 12.1. The first-order valence-electron chi connectivity index (χ1n) is 11.5. The minimum absolute atomic E-state index is 0.0449. The number of para-hydroxylation sites is 1. The van der Waals surface area contributed by atoms with Crippen LogP contribution in [-0.4, -0.2) is 34.7 Å². The van der Waals surface area contributed by atoms with Gasteiger partial charge in [0.05, 0.1) is 18.0 Å². The summed E-state index contributed by atoms with van der Waals surface area (Å²) in [5.41, 5.74) is 5.22. The van der Waals surface area contributed by atoms with Crippen LogP contribution in [0.2, 0.25) is 0 Å². The maximum absolute atomic E-state index is 12.1. The molecule has 7 heteroatoms. The molecule has 0 fully saturated rings. The average Bonchev–Trinajstić information content (AvgIpc) is 3.20. The zero-order valence-corrected chi connectivity index (χ0v) is 19.0. The van der Waals surface area contributed by atoms with E-state index in [-0.39, 0.29) is 11.8 Å². The predicted octanol–water partition coefficient (Wildman–Crippen LogP) is 3.97. The number of amides is 2. The number of aromatic nitrogens is 2. The summed E-state index contributed by atoms with van der Waals surface area (Å²) >= 11 is 0. The molecule has 3 aromatic rings. The molecule has 4 rings (SSSR count). The number of nitrogens with one attached hydrogen (secondary N) is 2. The van der Waals surface area contributed by atoms with Crippen LogP contribution in [0.3, 0.4) is 0 Å². The van der Waals surface area contributed by atoms with Crippen LogP contribution in [0.25, 0.3) is 5.69 Å². The molecule has 0 unspecified atom stereocenters. The number of aryl methyl sites for hydroxylation is 3. The van der Waals surface area contributed by atoms with Crippen LogP contribution in [-0.2, 0) is 22.4 Å². The van der Waals surface area contributed by atoms with E-state index in [9.17, 15) is 9.59 Å². The molecule has 0 spiro atoms. The molecule has 1 aliphatic rings. The van der Waals surface area contributed by atoms with E-state index < -0.39 is 0 Å². The van der Waals surface area contributed by atoms with E-state index in [1.54, 1.807) is 0 Å². The van der Waals surface area contributed by atoms with Crippen LogP contribution in [0.15, 0.2) is 54.7 Å². The number of fused-ring (bicyclic) bond motifs is 1. The van der Waals surface area contributed by atoms with Crippen molar-refractivity contribution in [3.8, 4) is 11.4 Å². The lowest BCUT2D eigenvalue weighted by molar-refractivity contribution is -0.121. The predicted molar refractivity (Wildman–Crippen MR) is 128 cm³/mol. The number of hydrogen-bond donors (Lipinski definition) is 2. The fraction of sp³-hybridized carbons (Fsp3) is 0.346. The summed E-state index contributed by atoms with van der Waals surface area (Å²) < 4.78 is 7.69. The number of benzene rings is 2. The minimum atomic E-state index is 0.0449. The molecule has 2 heterocycles. The summed E-state index contributed by atoms with van der Waals surface area (Å²) in [4.78, 5) is 23.6. The minimum Gasteiger partial charge on any atom is -0.494 e. The van der Waals surface area contributed by atoms with Gasteiger partial charge in [0.15, 0.2) is 0 Å². The van der Waals surface area contributed by atoms with Crippen molar-refractivity contribution in [3.63, 3.8) is 0 Å². The van der Waals surface area contributed by atoms with Gasteiger partial charge in [-0.1, -0.05) is 18.2 Å². The summed E-state index contributed by atoms with van der Waals surface area (Å²) in [6, 6.07) is 15.8. The Balaban J connectivity index is 1.12. The second-order valence-corrected chi connectivity index (χ2v) is 8.29. The van der Waals surface area contributed by atoms with Crippen molar-refractivity contribution in [1.29, 1.82) is 0 Å². The maximum Gasteiger partial charge on any atom is 0.224 e. The topological polar surface area (TPSA) is 85.2 Å². The second kappa shape index (κ2) is 10.8. The number of ether oxygens (including phenoxy) is 1. The van der Waals surface area contributed by atoms with Gasteiger partial charge in [-0.25, -0.2) is 4.68 Å². The number of hydrogen-bond acceptors (Lipinski definition) is 4. The Kier molecular flexibility index (Phi) is 7.40. The largest absolute Gasteiger partial charge is 0.494 e. The monoisotopic (exact) mass is 446 g/mol. The van der Waals surface area contributed by atoms with Gasteiger partial charge < -0.3 is 15.4 Å². The highest BCUT2D eigenvalue weighted by molar-refractivity contribution is 5.94. The van der Waals surface area contributed by atoms with Gasteiger partial charge >= 0.3 is 0 Å². The van der Waals surface area contributed by atoms with Gasteiger partial charge in [0.2, 0.25) is 11.8 Å². The van der Waals surface area contributed by atoms with Crippen LogP contribution < -0.4 is 15.4 Å².